The quantitative estimate of drug-likeness (QED) is 0.793. The number of nitrogens with zero attached hydrogens (tertiary/aromatic N) is 1. The van der Waals surface area contributed by atoms with Gasteiger partial charge in [0.25, 0.3) is 0 Å². The first-order valence-corrected chi connectivity index (χ1v) is 6.90. The summed E-state index contributed by atoms with van der Waals surface area (Å²) in [5.74, 6) is 0.576. The van der Waals surface area contributed by atoms with Crippen LogP contribution < -0.4 is 0 Å². The van der Waals surface area contributed by atoms with Crippen molar-refractivity contribution in [3.63, 3.8) is 0 Å². The number of ether oxygens (including phenoxy) is 1. The molecule has 1 aliphatic heterocycles. The number of methoxy groups -OCH3 is 1. The predicted molar refractivity (Wildman–Crippen MR) is 71.7 cm³/mol. The molecule has 0 aromatic rings. The van der Waals surface area contributed by atoms with Crippen LogP contribution in [0.15, 0.2) is 0 Å². The highest BCUT2D eigenvalue weighted by atomic mass is 16.5. The molecule has 0 bridgehead atoms. The maximum absolute atomic E-state index is 11.2. The molecule has 1 aliphatic rings. The number of carboxylic acids is 1. The topological polar surface area (TPSA) is 49.8 Å². The van der Waals surface area contributed by atoms with Gasteiger partial charge in [0.05, 0.1) is 0 Å². The Bertz CT molecular complexity index is 270. The maximum Gasteiger partial charge on any atom is 0.336 e. The third-order valence-corrected chi connectivity index (χ3v) is 3.89. The molecule has 0 spiro atoms. The summed E-state index contributed by atoms with van der Waals surface area (Å²) in [6.07, 6.45) is 2.41. The standard InChI is InChI=1S/C14H27NO3/c1-11(2)9-12(3)10-15-7-5-14(18-4,6-8-15)13(16)17/h11-12H,5-10H2,1-4H3,(H,16,17). The molecular weight excluding hydrogens is 230 g/mol. The fraction of sp³-hybridized carbons (Fsp3) is 0.929. The van der Waals surface area contributed by atoms with Crippen LogP contribution in [-0.2, 0) is 9.53 Å². The lowest BCUT2D eigenvalue weighted by atomic mass is 9.90. The van der Waals surface area contributed by atoms with Crippen LogP contribution in [0.4, 0.5) is 0 Å². The van der Waals surface area contributed by atoms with Crippen LogP contribution in [0.3, 0.4) is 0 Å². The number of hydrogen-bond donors (Lipinski definition) is 1. The third kappa shape index (κ3) is 3.95. The molecule has 1 unspecified atom stereocenters. The van der Waals surface area contributed by atoms with Crippen LogP contribution in [0.2, 0.25) is 0 Å². The molecule has 0 aromatic carbocycles. The molecule has 1 N–H and O–H groups in total. The Kier molecular flexibility index (Phi) is 5.60. The van der Waals surface area contributed by atoms with Gasteiger partial charge >= 0.3 is 5.97 Å². The molecule has 4 heteroatoms. The zero-order valence-corrected chi connectivity index (χ0v) is 12.1. The van der Waals surface area contributed by atoms with E-state index in [-0.39, 0.29) is 0 Å². The van der Waals surface area contributed by atoms with E-state index < -0.39 is 11.6 Å². The van der Waals surface area contributed by atoms with Gasteiger partial charge in [-0.2, -0.15) is 0 Å². The highest BCUT2D eigenvalue weighted by molar-refractivity contribution is 5.77. The molecule has 1 atom stereocenters. The number of rotatable bonds is 6. The zero-order valence-electron chi connectivity index (χ0n) is 12.1. The van der Waals surface area contributed by atoms with Gasteiger partial charge in [0, 0.05) is 26.7 Å². The van der Waals surface area contributed by atoms with Crippen molar-refractivity contribution in [2.45, 2.75) is 45.6 Å². The van der Waals surface area contributed by atoms with Gasteiger partial charge in [0.15, 0.2) is 5.60 Å². The Morgan fingerprint density at radius 3 is 2.28 bits per heavy atom. The molecule has 0 aliphatic carbocycles. The van der Waals surface area contributed by atoms with Crippen LogP contribution in [0.5, 0.6) is 0 Å². The molecule has 0 saturated carbocycles. The molecule has 106 valence electrons. The lowest BCUT2D eigenvalue weighted by Crippen LogP contribution is -2.51. The molecule has 1 heterocycles. The normalized spacial score (nSPS) is 22.1. The first-order valence-electron chi connectivity index (χ1n) is 6.90. The molecule has 0 amide bonds. The minimum atomic E-state index is -0.947. The van der Waals surface area contributed by atoms with Gasteiger partial charge in [0.1, 0.15) is 0 Å². The first kappa shape index (κ1) is 15.4. The largest absolute Gasteiger partial charge is 0.479 e. The van der Waals surface area contributed by atoms with E-state index in [4.69, 9.17) is 4.74 Å². The van der Waals surface area contributed by atoms with Crippen LogP contribution in [0, 0.1) is 11.8 Å². The van der Waals surface area contributed by atoms with E-state index in [0.29, 0.717) is 18.8 Å². The molecule has 0 radical (unpaired) electrons. The second-order valence-corrected chi connectivity index (χ2v) is 6.04. The van der Waals surface area contributed by atoms with Crippen molar-refractivity contribution in [2.24, 2.45) is 11.8 Å². The lowest BCUT2D eigenvalue weighted by molar-refractivity contribution is -0.168. The van der Waals surface area contributed by atoms with Crippen LogP contribution in [0.1, 0.15) is 40.0 Å². The van der Waals surface area contributed by atoms with Crippen molar-refractivity contribution < 1.29 is 14.6 Å². The predicted octanol–water partition coefficient (Wildman–Crippen LogP) is 2.23. The Hall–Kier alpha value is -0.610. The van der Waals surface area contributed by atoms with Gasteiger partial charge in [0.2, 0.25) is 0 Å². The Balaban J connectivity index is 2.41. The van der Waals surface area contributed by atoms with E-state index in [1.54, 1.807) is 0 Å². The van der Waals surface area contributed by atoms with Crippen molar-refractivity contribution in [1.82, 2.24) is 4.90 Å². The number of carboxylic acid groups (broad SMARTS) is 1. The minimum absolute atomic E-state index is 0.591. The number of hydrogen-bond acceptors (Lipinski definition) is 3. The van der Waals surface area contributed by atoms with E-state index in [1.807, 2.05) is 0 Å². The highest BCUT2D eigenvalue weighted by Crippen LogP contribution is 2.27. The summed E-state index contributed by atoms with van der Waals surface area (Å²) < 4.78 is 5.23. The Morgan fingerprint density at radius 1 is 1.33 bits per heavy atom. The van der Waals surface area contributed by atoms with Crippen molar-refractivity contribution in [1.29, 1.82) is 0 Å². The summed E-state index contributed by atoms with van der Waals surface area (Å²) in [6, 6.07) is 0. The van der Waals surface area contributed by atoms with Crippen molar-refractivity contribution >= 4 is 5.97 Å². The fourth-order valence-corrected chi connectivity index (χ4v) is 2.92. The van der Waals surface area contributed by atoms with Gasteiger partial charge in [-0.25, -0.2) is 4.79 Å². The van der Waals surface area contributed by atoms with Crippen molar-refractivity contribution in [2.75, 3.05) is 26.7 Å². The van der Waals surface area contributed by atoms with Gasteiger partial charge < -0.3 is 14.7 Å². The molecule has 4 nitrogen and oxygen atoms in total. The molecule has 18 heavy (non-hydrogen) atoms. The van der Waals surface area contributed by atoms with E-state index in [2.05, 4.69) is 25.7 Å². The van der Waals surface area contributed by atoms with Crippen LogP contribution >= 0.6 is 0 Å². The monoisotopic (exact) mass is 257 g/mol. The van der Waals surface area contributed by atoms with E-state index in [0.717, 1.165) is 25.6 Å². The number of likely N-dealkylation sites (tertiary alicyclic amines) is 1. The SMILES string of the molecule is COC1(C(=O)O)CCN(CC(C)CC(C)C)CC1. The summed E-state index contributed by atoms with van der Waals surface area (Å²) in [5, 5.41) is 9.23. The Labute approximate surface area is 110 Å². The second kappa shape index (κ2) is 6.53. The zero-order chi connectivity index (χ0) is 13.8. The number of aliphatic carboxylic acids is 1. The van der Waals surface area contributed by atoms with Gasteiger partial charge in [-0.1, -0.05) is 20.8 Å². The fourth-order valence-electron chi connectivity index (χ4n) is 2.92. The average molecular weight is 257 g/mol. The summed E-state index contributed by atoms with van der Waals surface area (Å²) in [5.41, 5.74) is -0.947. The Morgan fingerprint density at radius 2 is 1.89 bits per heavy atom. The average Bonchev–Trinajstić information content (AvgIpc) is 2.28. The molecular formula is C14H27NO3. The number of piperidine rings is 1. The number of carbonyl (C=O) groups is 1. The minimum Gasteiger partial charge on any atom is -0.479 e. The van der Waals surface area contributed by atoms with Crippen LogP contribution in [-0.4, -0.2) is 48.3 Å². The van der Waals surface area contributed by atoms with Crippen molar-refractivity contribution in [3.05, 3.63) is 0 Å². The van der Waals surface area contributed by atoms with Crippen LogP contribution in [0.25, 0.3) is 0 Å². The lowest BCUT2D eigenvalue weighted by Gasteiger charge is -2.38. The summed E-state index contributed by atoms with van der Waals surface area (Å²) in [7, 11) is 1.51. The third-order valence-electron chi connectivity index (χ3n) is 3.89. The second-order valence-electron chi connectivity index (χ2n) is 6.04. The van der Waals surface area contributed by atoms with Crippen molar-refractivity contribution in [3.8, 4) is 0 Å². The van der Waals surface area contributed by atoms with E-state index in [1.165, 1.54) is 13.5 Å². The molecule has 1 fully saturated rings. The molecule has 1 saturated heterocycles. The first-order chi connectivity index (χ1) is 8.39. The van der Waals surface area contributed by atoms with E-state index >= 15 is 0 Å². The molecule has 0 aromatic heterocycles. The summed E-state index contributed by atoms with van der Waals surface area (Å²) in [6.45, 7) is 9.47. The summed E-state index contributed by atoms with van der Waals surface area (Å²) >= 11 is 0. The van der Waals surface area contributed by atoms with Gasteiger partial charge in [-0.05, 0) is 31.1 Å². The summed E-state index contributed by atoms with van der Waals surface area (Å²) in [4.78, 5) is 13.6. The highest BCUT2D eigenvalue weighted by Gasteiger charge is 2.41. The van der Waals surface area contributed by atoms with E-state index in [9.17, 15) is 9.90 Å². The molecule has 1 rings (SSSR count). The van der Waals surface area contributed by atoms with Gasteiger partial charge in [-0.15, -0.1) is 0 Å². The van der Waals surface area contributed by atoms with Gasteiger partial charge in [-0.3, -0.25) is 0 Å². The smallest absolute Gasteiger partial charge is 0.336 e. The maximum atomic E-state index is 11.2.